The van der Waals surface area contributed by atoms with Crippen LogP contribution in [-0.2, 0) is 9.53 Å². The summed E-state index contributed by atoms with van der Waals surface area (Å²) in [5.74, 6) is 0.350. The van der Waals surface area contributed by atoms with Crippen LogP contribution in [-0.4, -0.2) is 36.5 Å². The van der Waals surface area contributed by atoms with E-state index in [9.17, 15) is 14.7 Å². The molecule has 1 N–H and O–H groups in total. The van der Waals surface area contributed by atoms with Crippen LogP contribution in [0.4, 0.5) is 0 Å². The van der Waals surface area contributed by atoms with Gasteiger partial charge in [-0.05, 0) is 77.0 Å². The molecule has 0 saturated carbocycles. The zero-order valence-electron chi connectivity index (χ0n) is 21.6. The number of nitrogens with zero attached hydrogens (tertiary/aromatic N) is 2. The fourth-order valence-corrected chi connectivity index (χ4v) is 6.46. The Kier molecular flexibility index (Phi) is 7.50. The molecule has 1 aliphatic heterocycles. The number of rotatable bonds is 6. The van der Waals surface area contributed by atoms with Crippen molar-refractivity contribution in [1.82, 2.24) is 4.57 Å². The average Bonchev–Trinajstić information content (AvgIpc) is 3.23. The van der Waals surface area contributed by atoms with Crippen molar-refractivity contribution in [2.45, 2.75) is 19.9 Å². The van der Waals surface area contributed by atoms with Crippen molar-refractivity contribution in [1.29, 1.82) is 0 Å². The van der Waals surface area contributed by atoms with Crippen LogP contribution < -0.4 is 24.4 Å². The van der Waals surface area contributed by atoms with Gasteiger partial charge in [0.05, 0.1) is 40.2 Å². The number of phenols is 1. The maximum Gasteiger partial charge on any atom is 0.338 e. The van der Waals surface area contributed by atoms with E-state index in [0.29, 0.717) is 41.2 Å². The van der Waals surface area contributed by atoms with E-state index in [1.807, 2.05) is 59.0 Å². The number of carbonyl (C=O) groups is 1. The Morgan fingerprint density at radius 3 is 2.62 bits per heavy atom. The Balaban J connectivity index is 1.83. The Morgan fingerprint density at radius 1 is 1.15 bits per heavy atom. The second kappa shape index (κ2) is 10.9. The average molecular weight is 656 g/mol. The predicted octanol–water partition coefficient (Wildman–Crippen LogP) is 4.28. The number of fused-ring (bicyclic) bond motifs is 2. The van der Waals surface area contributed by atoms with E-state index in [1.165, 1.54) is 18.4 Å². The molecule has 0 saturated heterocycles. The first-order valence-corrected chi connectivity index (χ1v) is 14.0. The largest absolute Gasteiger partial charge is 0.504 e. The molecule has 10 heteroatoms. The molecule has 1 aromatic heterocycles. The molecule has 8 nitrogen and oxygen atoms in total. The summed E-state index contributed by atoms with van der Waals surface area (Å²) in [7, 11) is 3.04. The van der Waals surface area contributed by atoms with Crippen molar-refractivity contribution in [2.75, 3.05) is 20.8 Å². The number of thiazole rings is 1. The SMILES string of the molecule is CCOC(=O)C1=C(C)N=c2sc(=Cc3cc(I)c(O)c(OC)c3)c(=O)n2C1c1c(OC)ccc2ccccc12. The topological polar surface area (TPSA) is 99.4 Å². The molecule has 1 unspecified atom stereocenters. The number of halogens is 1. The van der Waals surface area contributed by atoms with Gasteiger partial charge in [0, 0.05) is 5.56 Å². The number of aromatic nitrogens is 1. The van der Waals surface area contributed by atoms with Gasteiger partial charge in [-0.15, -0.1) is 0 Å². The number of ether oxygens (including phenoxy) is 3. The van der Waals surface area contributed by atoms with Gasteiger partial charge in [-0.1, -0.05) is 41.7 Å². The van der Waals surface area contributed by atoms with Crippen LogP contribution in [0.25, 0.3) is 16.8 Å². The minimum absolute atomic E-state index is 0.0365. The van der Waals surface area contributed by atoms with Gasteiger partial charge in [0.2, 0.25) is 0 Å². The molecule has 0 fully saturated rings. The lowest BCUT2D eigenvalue weighted by Crippen LogP contribution is -2.40. The first kappa shape index (κ1) is 26.9. The number of hydrogen-bond acceptors (Lipinski definition) is 8. The quantitative estimate of drug-likeness (QED) is 0.246. The summed E-state index contributed by atoms with van der Waals surface area (Å²) in [4.78, 5) is 32.5. The third-order valence-electron chi connectivity index (χ3n) is 6.51. The fraction of sp³-hybridized carbons (Fsp3) is 0.207. The second-order valence-electron chi connectivity index (χ2n) is 8.76. The Bertz CT molecular complexity index is 1840. The van der Waals surface area contributed by atoms with Crippen molar-refractivity contribution < 1.29 is 24.1 Å². The summed E-state index contributed by atoms with van der Waals surface area (Å²) in [5, 5.41) is 12.0. The number of benzene rings is 3. The van der Waals surface area contributed by atoms with E-state index in [1.54, 1.807) is 43.7 Å². The van der Waals surface area contributed by atoms with Gasteiger partial charge in [0.15, 0.2) is 16.3 Å². The zero-order chi connectivity index (χ0) is 27.8. The van der Waals surface area contributed by atoms with Crippen LogP contribution in [0, 0.1) is 3.57 Å². The number of allylic oxidation sites excluding steroid dienone is 1. The first-order valence-electron chi connectivity index (χ1n) is 12.1. The van der Waals surface area contributed by atoms with E-state index < -0.39 is 12.0 Å². The van der Waals surface area contributed by atoms with Gasteiger partial charge < -0.3 is 19.3 Å². The Labute approximate surface area is 241 Å². The van der Waals surface area contributed by atoms with E-state index >= 15 is 0 Å². The molecule has 4 aromatic rings. The van der Waals surface area contributed by atoms with E-state index in [-0.39, 0.29) is 23.5 Å². The molecule has 5 rings (SSSR count). The molecule has 0 spiro atoms. The van der Waals surface area contributed by atoms with E-state index in [2.05, 4.69) is 4.99 Å². The van der Waals surface area contributed by atoms with Gasteiger partial charge in [-0.25, -0.2) is 9.79 Å². The van der Waals surface area contributed by atoms with Crippen LogP contribution >= 0.6 is 33.9 Å². The predicted molar refractivity (Wildman–Crippen MR) is 158 cm³/mol. The van der Waals surface area contributed by atoms with E-state index in [0.717, 1.165) is 10.8 Å². The summed E-state index contributed by atoms with van der Waals surface area (Å²) in [6.07, 6.45) is 1.73. The van der Waals surface area contributed by atoms with Gasteiger partial charge in [-0.2, -0.15) is 0 Å². The van der Waals surface area contributed by atoms with E-state index in [4.69, 9.17) is 14.2 Å². The third kappa shape index (κ3) is 4.71. The number of carbonyl (C=O) groups excluding carboxylic acids is 1. The zero-order valence-corrected chi connectivity index (χ0v) is 24.6. The normalized spacial score (nSPS) is 15.2. The highest BCUT2D eigenvalue weighted by Crippen LogP contribution is 2.40. The van der Waals surface area contributed by atoms with Gasteiger partial charge in [0.1, 0.15) is 11.8 Å². The summed E-state index contributed by atoms with van der Waals surface area (Å²) in [6, 6.07) is 14.2. The first-order chi connectivity index (χ1) is 18.8. The molecule has 0 aliphatic carbocycles. The Morgan fingerprint density at radius 2 is 1.90 bits per heavy atom. The number of aromatic hydroxyl groups is 1. The lowest BCUT2D eigenvalue weighted by atomic mass is 9.90. The molecule has 200 valence electrons. The Hall–Kier alpha value is -3.64. The number of methoxy groups -OCH3 is 2. The van der Waals surface area contributed by atoms with Crippen molar-refractivity contribution in [3.63, 3.8) is 0 Å². The molecule has 0 amide bonds. The maximum absolute atomic E-state index is 14.1. The number of esters is 1. The molecule has 39 heavy (non-hydrogen) atoms. The van der Waals surface area contributed by atoms with Crippen LogP contribution in [0.2, 0.25) is 0 Å². The maximum atomic E-state index is 14.1. The minimum Gasteiger partial charge on any atom is -0.504 e. The number of hydrogen-bond donors (Lipinski definition) is 1. The van der Waals surface area contributed by atoms with Crippen LogP contribution in [0.3, 0.4) is 0 Å². The monoisotopic (exact) mass is 656 g/mol. The molecule has 0 bridgehead atoms. The highest BCUT2D eigenvalue weighted by molar-refractivity contribution is 14.1. The highest BCUT2D eigenvalue weighted by Gasteiger charge is 2.36. The fourth-order valence-electron chi connectivity index (χ4n) is 4.78. The van der Waals surface area contributed by atoms with Crippen molar-refractivity contribution >= 4 is 56.7 Å². The van der Waals surface area contributed by atoms with Crippen LogP contribution in [0.1, 0.15) is 31.0 Å². The lowest BCUT2D eigenvalue weighted by molar-refractivity contribution is -0.139. The molecule has 0 radical (unpaired) electrons. The minimum atomic E-state index is -0.821. The summed E-state index contributed by atoms with van der Waals surface area (Å²) in [6.45, 7) is 3.67. The summed E-state index contributed by atoms with van der Waals surface area (Å²) >= 11 is 3.24. The molecule has 1 atom stereocenters. The summed E-state index contributed by atoms with van der Waals surface area (Å²) in [5.41, 5.74) is 1.81. The van der Waals surface area contributed by atoms with Crippen molar-refractivity contribution in [2.24, 2.45) is 4.99 Å². The molecule has 3 aromatic carbocycles. The van der Waals surface area contributed by atoms with Crippen LogP contribution in [0.15, 0.2) is 69.6 Å². The van der Waals surface area contributed by atoms with Gasteiger partial charge in [0.25, 0.3) is 5.56 Å². The van der Waals surface area contributed by atoms with Gasteiger partial charge in [-0.3, -0.25) is 9.36 Å². The van der Waals surface area contributed by atoms with Crippen molar-refractivity contribution in [3.8, 4) is 17.2 Å². The second-order valence-corrected chi connectivity index (χ2v) is 10.9. The summed E-state index contributed by atoms with van der Waals surface area (Å²) < 4.78 is 19.1. The smallest absolute Gasteiger partial charge is 0.338 e. The molecular weight excluding hydrogens is 631 g/mol. The molecule has 1 aliphatic rings. The number of phenolic OH excluding ortho intramolecular Hbond substituents is 1. The lowest BCUT2D eigenvalue weighted by Gasteiger charge is -2.27. The third-order valence-corrected chi connectivity index (χ3v) is 8.31. The van der Waals surface area contributed by atoms with Crippen molar-refractivity contribution in [3.05, 3.63) is 94.2 Å². The standard InChI is InChI=1S/C29H25IN2O6S/c1-5-38-28(35)23-15(2)31-29-32(25(23)24-18-9-7-6-8-17(18)10-11-20(24)36-3)27(34)22(39-29)14-16-12-19(30)26(33)21(13-16)37-4/h6-14,25,33H,5H2,1-4H3. The highest BCUT2D eigenvalue weighted by atomic mass is 127. The molecular formula is C29H25IN2O6S. The van der Waals surface area contributed by atoms with Gasteiger partial charge >= 0.3 is 5.97 Å². The molecule has 2 heterocycles. The van der Waals surface area contributed by atoms with Crippen LogP contribution in [0.5, 0.6) is 17.2 Å².